The molecule has 0 unspecified atom stereocenters. The molecular formula is C37H44N8O3. The van der Waals surface area contributed by atoms with Crippen molar-refractivity contribution in [2.45, 2.75) is 52.1 Å². The number of methoxy groups -OCH3 is 1. The van der Waals surface area contributed by atoms with Crippen molar-refractivity contribution in [1.82, 2.24) is 30.3 Å². The van der Waals surface area contributed by atoms with E-state index in [-0.39, 0.29) is 23.3 Å². The Bertz CT molecular complexity index is 1760. The number of anilines is 3. The van der Waals surface area contributed by atoms with Gasteiger partial charge >= 0.3 is 0 Å². The van der Waals surface area contributed by atoms with Crippen molar-refractivity contribution in [3.63, 3.8) is 0 Å². The normalized spacial score (nSPS) is 16.6. The van der Waals surface area contributed by atoms with Crippen molar-refractivity contribution in [2.75, 3.05) is 44.4 Å². The quantitative estimate of drug-likeness (QED) is 0.216. The van der Waals surface area contributed by atoms with Crippen molar-refractivity contribution in [2.24, 2.45) is 5.92 Å². The molecule has 3 aromatic rings. The maximum Gasteiger partial charge on any atom is 0.273 e. The van der Waals surface area contributed by atoms with E-state index >= 15 is 0 Å². The molecule has 2 amide bonds. The molecule has 2 fully saturated rings. The average molecular weight is 649 g/mol. The van der Waals surface area contributed by atoms with Crippen molar-refractivity contribution in [1.29, 1.82) is 0 Å². The minimum Gasteiger partial charge on any atom is -0.494 e. The number of amides is 2. The van der Waals surface area contributed by atoms with E-state index in [9.17, 15) is 9.59 Å². The van der Waals surface area contributed by atoms with Gasteiger partial charge in [0.1, 0.15) is 5.75 Å². The summed E-state index contributed by atoms with van der Waals surface area (Å²) in [6.07, 6.45) is 12.7. The topological polar surface area (TPSA) is 125 Å². The molecule has 11 heteroatoms. The Morgan fingerprint density at radius 3 is 2.65 bits per heavy atom. The van der Waals surface area contributed by atoms with Crippen LogP contribution in [0.1, 0.15) is 67.0 Å². The van der Waals surface area contributed by atoms with E-state index in [0.717, 1.165) is 80.0 Å². The van der Waals surface area contributed by atoms with Gasteiger partial charge in [-0.1, -0.05) is 43.7 Å². The van der Waals surface area contributed by atoms with Gasteiger partial charge in [0, 0.05) is 62.5 Å². The number of para-hydroxylation sites is 1. The first-order valence-electron chi connectivity index (χ1n) is 16.7. The van der Waals surface area contributed by atoms with Crippen LogP contribution in [0.5, 0.6) is 5.75 Å². The second-order valence-electron chi connectivity index (χ2n) is 12.6. The Balaban J connectivity index is 1.18. The van der Waals surface area contributed by atoms with Crippen LogP contribution in [-0.4, -0.2) is 76.6 Å². The van der Waals surface area contributed by atoms with Crippen LogP contribution in [0.15, 0.2) is 66.4 Å². The fourth-order valence-corrected chi connectivity index (χ4v) is 5.99. The van der Waals surface area contributed by atoms with Crippen molar-refractivity contribution in [3.05, 3.63) is 89.0 Å². The minimum absolute atomic E-state index is 0.00749. The third-order valence-corrected chi connectivity index (χ3v) is 8.91. The Labute approximate surface area is 282 Å². The van der Waals surface area contributed by atoms with Gasteiger partial charge in [0.15, 0.2) is 11.5 Å². The van der Waals surface area contributed by atoms with Gasteiger partial charge in [0.25, 0.3) is 5.91 Å². The number of benzene rings is 1. The molecule has 2 aromatic heterocycles. The van der Waals surface area contributed by atoms with E-state index in [4.69, 9.17) is 9.72 Å². The highest BCUT2D eigenvalue weighted by Crippen LogP contribution is 2.40. The smallest absolute Gasteiger partial charge is 0.273 e. The van der Waals surface area contributed by atoms with Crippen molar-refractivity contribution < 1.29 is 14.3 Å². The van der Waals surface area contributed by atoms with E-state index in [1.807, 2.05) is 18.2 Å². The van der Waals surface area contributed by atoms with Crippen LogP contribution in [-0.2, 0) is 11.3 Å². The second kappa shape index (κ2) is 14.8. The number of hydrogen-bond donors (Lipinski definition) is 3. The number of likely N-dealkylation sites (tertiary alicyclic amines) is 1. The second-order valence-corrected chi connectivity index (χ2v) is 12.6. The van der Waals surface area contributed by atoms with Crippen LogP contribution in [0, 0.1) is 5.92 Å². The van der Waals surface area contributed by atoms with Crippen LogP contribution in [0.2, 0.25) is 0 Å². The molecule has 0 spiro atoms. The molecule has 0 bridgehead atoms. The van der Waals surface area contributed by atoms with E-state index < -0.39 is 5.91 Å². The summed E-state index contributed by atoms with van der Waals surface area (Å²) < 4.78 is 6.00. The van der Waals surface area contributed by atoms with Crippen LogP contribution >= 0.6 is 0 Å². The monoisotopic (exact) mass is 648 g/mol. The zero-order valence-corrected chi connectivity index (χ0v) is 28.1. The molecule has 3 N–H and O–H groups in total. The highest BCUT2D eigenvalue weighted by atomic mass is 16.5. The standard InChI is InChI=1S/C37H44N8O3/c1-5-6-7-10-26-11-8-12-27(39-26)20-44-21-28(22-44)45-18-17-24(2)30(23-45)29-13-9-14-31(35(29)48-4)40-32-19-33(41-36(46)25-15-16-25)42-43-34(32)37(47)38-3/h7-14,17,19,23,25,28H,5-6,15-16,18,20-22H2,1-4H3,(H,38,47)(H2,40,41,42,46). The lowest BCUT2D eigenvalue weighted by Gasteiger charge is -2.46. The summed E-state index contributed by atoms with van der Waals surface area (Å²) in [7, 11) is 3.18. The lowest BCUT2D eigenvalue weighted by atomic mass is 9.94. The molecular weight excluding hydrogens is 604 g/mol. The number of carbonyl (C=O) groups is 2. The molecule has 250 valence electrons. The third kappa shape index (κ3) is 7.57. The highest BCUT2D eigenvalue weighted by molar-refractivity contribution is 6.00. The first kappa shape index (κ1) is 32.9. The maximum absolute atomic E-state index is 12.7. The van der Waals surface area contributed by atoms with Gasteiger partial charge in [0.05, 0.1) is 35.9 Å². The lowest BCUT2D eigenvalue weighted by Crippen LogP contribution is -2.57. The van der Waals surface area contributed by atoms with Crippen LogP contribution < -0.4 is 20.7 Å². The Kier molecular flexibility index (Phi) is 10.1. The van der Waals surface area contributed by atoms with Gasteiger partial charge in [-0.3, -0.25) is 19.5 Å². The predicted molar refractivity (Wildman–Crippen MR) is 189 cm³/mol. The number of ether oxygens (including phenoxy) is 1. The fraction of sp³-hybridized carbons (Fsp3) is 0.378. The van der Waals surface area contributed by atoms with Crippen molar-refractivity contribution >= 4 is 40.7 Å². The molecule has 0 radical (unpaired) electrons. The summed E-state index contributed by atoms with van der Waals surface area (Å²) in [4.78, 5) is 34.8. The number of unbranched alkanes of at least 4 members (excludes halogenated alkanes) is 1. The molecule has 2 aliphatic heterocycles. The zero-order valence-electron chi connectivity index (χ0n) is 28.1. The minimum atomic E-state index is -0.397. The number of nitrogens with one attached hydrogen (secondary N) is 3. The molecule has 0 atom stereocenters. The Morgan fingerprint density at radius 1 is 1.08 bits per heavy atom. The maximum atomic E-state index is 12.7. The molecule has 1 saturated carbocycles. The summed E-state index contributed by atoms with van der Waals surface area (Å²) in [6.45, 7) is 7.90. The lowest BCUT2D eigenvalue weighted by molar-refractivity contribution is -0.117. The van der Waals surface area contributed by atoms with Gasteiger partial charge < -0.3 is 25.6 Å². The number of carbonyl (C=O) groups excluding carboxylic acids is 2. The SMILES string of the molecule is CCCC=Cc1cccc(CN2CC(N3C=C(c4cccc(Nc5cc(NC(=O)C6CC6)nnc5C(=O)NC)c4OC)C(C)=CC3)C2)n1. The Hall–Kier alpha value is -5.03. The van der Waals surface area contributed by atoms with E-state index in [1.165, 1.54) is 7.05 Å². The summed E-state index contributed by atoms with van der Waals surface area (Å²) in [6, 6.07) is 14.2. The van der Waals surface area contributed by atoms with E-state index in [2.05, 4.69) is 92.4 Å². The first-order valence-corrected chi connectivity index (χ1v) is 16.7. The number of aromatic nitrogens is 3. The Morgan fingerprint density at radius 2 is 1.90 bits per heavy atom. The number of rotatable bonds is 13. The molecule has 4 heterocycles. The number of pyridine rings is 1. The summed E-state index contributed by atoms with van der Waals surface area (Å²) in [5.74, 6) is 0.438. The number of allylic oxidation sites excluding steroid dienone is 3. The molecule has 6 rings (SSSR count). The molecule has 48 heavy (non-hydrogen) atoms. The van der Waals surface area contributed by atoms with Crippen LogP contribution in [0.4, 0.5) is 17.2 Å². The van der Waals surface area contributed by atoms with Gasteiger partial charge in [0.2, 0.25) is 5.91 Å². The predicted octanol–water partition coefficient (Wildman–Crippen LogP) is 5.63. The van der Waals surface area contributed by atoms with Crippen molar-refractivity contribution in [3.8, 4) is 5.75 Å². The number of hydrogen-bond acceptors (Lipinski definition) is 9. The van der Waals surface area contributed by atoms with E-state index in [0.29, 0.717) is 23.2 Å². The molecule has 3 aliphatic rings. The molecule has 1 saturated heterocycles. The highest BCUT2D eigenvalue weighted by Gasteiger charge is 2.33. The van der Waals surface area contributed by atoms with Crippen LogP contribution in [0.3, 0.4) is 0 Å². The van der Waals surface area contributed by atoms with Gasteiger partial charge in [-0.05, 0) is 56.0 Å². The van der Waals surface area contributed by atoms with E-state index in [1.54, 1.807) is 13.2 Å². The largest absolute Gasteiger partial charge is 0.494 e. The molecule has 1 aliphatic carbocycles. The van der Waals surface area contributed by atoms with Gasteiger partial charge in [-0.2, -0.15) is 0 Å². The summed E-state index contributed by atoms with van der Waals surface area (Å²) in [5.41, 5.74) is 6.45. The first-order chi connectivity index (χ1) is 23.4. The van der Waals surface area contributed by atoms with Gasteiger partial charge in [-0.15, -0.1) is 10.2 Å². The molecule has 11 nitrogen and oxygen atoms in total. The summed E-state index contributed by atoms with van der Waals surface area (Å²) >= 11 is 0. The number of nitrogens with zero attached hydrogens (tertiary/aromatic N) is 5. The average Bonchev–Trinajstić information content (AvgIpc) is 3.93. The van der Waals surface area contributed by atoms with Crippen LogP contribution in [0.25, 0.3) is 11.6 Å². The fourth-order valence-electron chi connectivity index (χ4n) is 5.99. The molecule has 1 aromatic carbocycles. The third-order valence-electron chi connectivity index (χ3n) is 8.91. The summed E-state index contributed by atoms with van der Waals surface area (Å²) in [5, 5.41) is 17.0. The van der Waals surface area contributed by atoms with Gasteiger partial charge in [-0.25, -0.2) is 0 Å². The zero-order chi connectivity index (χ0) is 33.6.